The molecule has 1 aromatic rings. The number of likely N-dealkylation sites (tertiary alicyclic amines) is 1. The van der Waals surface area contributed by atoms with E-state index in [4.69, 9.17) is 0 Å². The molecule has 2 rings (SSSR count). The third-order valence-electron chi connectivity index (χ3n) is 3.90. The highest BCUT2D eigenvalue weighted by Gasteiger charge is 2.14. The highest BCUT2D eigenvalue weighted by Crippen LogP contribution is 2.13. The van der Waals surface area contributed by atoms with E-state index in [1.54, 1.807) is 12.1 Å². The van der Waals surface area contributed by atoms with Crippen LogP contribution in [0.4, 0.5) is 4.39 Å². The van der Waals surface area contributed by atoms with E-state index in [-0.39, 0.29) is 5.82 Å². The zero-order chi connectivity index (χ0) is 14.4. The molecule has 20 heavy (non-hydrogen) atoms. The van der Waals surface area contributed by atoms with Gasteiger partial charge in [0.1, 0.15) is 5.82 Å². The van der Waals surface area contributed by atoms with Gasteiger partial charge in [0.15, 0.2) is 0 Å². The fourth-order valence-electron chi connectivity index (χ4n) is 2.71. The summed E-state index contributed by atoms with van der Waals surface area (Å²) in [5, 5.41) is 13.4. The lowest BCUT2D eigenvalue weighted by Gasteiger charge is -2.29. The lowest BCUT2D eigenvalue weighted by molar-refractivity contribution is 0.159. The van der Waals surface area contributed by atoms with Crippen molar-refractivity contribution in [3.63, 3.8) is 0 Å². The number of rotatable bonds is 6. The number of nitrogens with one attached hydrogen (secondary N) is 1. The van der Waals surface area contributed by atoms with Gasteiger partial charge in [0.25, 0.3) is 0 Å². The number of aliphatic hydroxyl groups excluding tert-OH is 1. The van der Waals surface area contributed by atoms with Crippen LogP contribution in [0.15, 0.2) is 24.3 Å². The van der Waals surface area contributed by atoms with Gasteiger partial charge in [-0.2, -0.15) is 0 Å². The summed E-state index contributed by atoms with van der Waals surface area (Å²) in [5.41, 5.74) is 0.754. The average molecular weight is 280 g/mol. The van der Waals surface area contributed by atoms with Crippen LogP contribution in [0, 0.1) is 5.82 Å². The monoisotopic (exact) mass is 280 g/mol. The molecule has 2 unspecified atom stereocenters. The van der Waals surface area contributed by atoms with Crippen LogP contribution in [0.3, 0.4) is 0 Å². The average Bonchev–Trinajstić information content (AvgIpc) is 2.46. The van der Waals surface area contributed by atoms with E-state index in [0.717, 1.165) is 12.1 Å². The van der Waals surface area contributed by atoms with Crippen molar-refractivity contribution in [2.45, 2.75) is 38.3 Å². The molecule has 3 nitrogen and oxygen atoms in total. The highest BCUT2D eigenvalue weighted by molar-refractivity contribution is 5.18. The van der Waals surface area contributed by atoms with Crippen molar-refractivity contribution in [1.82, 2.24) is 10.2 Å². The number of aliphatic hydroxyl groups is 1. The van der Waals surface area contributed by atoms with Crippen LogP contribution in [0.25, 0.3) is 0 Å². The fraction of sp³-hybridized carbons (Fsp3) is 0.625. The van der Waals surface area contributed by atoms with Crippen molar-refractivity contribution in [1.29, 1.82) is 0 Å². The first-order chi connectivity index (χ1) is 9.65. The topological polar surface area (TPSA) is 35.5 Å². The summed E-state index contributed by atoms with van der Waals surface area (Å²) < 4.78 is 12.8. The van der Waals surface area contributed by atoms with Crippen molar-refractivity contribution in [2.75, 3.05) is 26.2 Å². The molecule has 0 amide bonds. The predicted octanol–water partition coefficient (Wildman–Crippen LogP) is 2.32. The van der Waals surface area contributed by atoms with E-state index in [0.29, 0.717) is 12.6 Å². The van der Waals surface area contributed by atoms with E-state index in [9.17, 15) is 9.50 Å². The van der Waals surface area contributed by atoms with Crippen molar-refractivity contribution in [2.24, 2.45) is 0 Å². The molecular weight excluding hydrogens is 255 g/mol. The van der Waals surface area contributed by atoms with Gasteiger partial charge in [-0.3, -0.25) is 0 Å². The summed E-state index contributed by atoms with van der Waals surface area (Å²) in [5.74, 6) is -0.271. The molecule has 0 bridgehead atoms. The number of halogens is 1. The Morgan fingerprint density at radius 2 is 1.85 bits per heavy atom. The Morgan fingerprint density at radius 1 is 1.20 bits per heavy atom. The number of hydrogen-bond donors (Lipinski definition) is 2. The molecule has 112 valence electrons. The van der Waals surface area contributed by atoms with Gasteiger partial charge in [0.2, 0.25) is 0 Å². The molecule has 0 spiro atoms. The van der Waals surface area contributed by atoms with Crippen molar-refractivity contribution < 1.29 is 9.50 Å². The summed E-state index contributed by atoms with van der Waals surface area (Å²) in [7, 11) is 0. The van der Waals surface area contributed by atoms with Crippen LogP contribution >= 0.6 is 0 Å². The Balaban J connectivity index is 1.71. The Morgan fingerprint density at radius 3 is 2.50 bits per heavy atom. The van der Waals surface area contributed by atoms with E-state index in [2.05, 4.69) is 17.1 Å². The van der Waals surface area contributed by atoms with Crippen molar-refractivity contribution in [3.8, 4) is 0 Å². The maximum atomic E-state index is 12.8. The van der Waals surface area contributed by atoms with Crippen LogP contribution in [-0.2, 0) is 0 Å². The second-order valence-corrected chi connectivity index (χ2v) is 5.74. The SMILES string of the molecule is CC(CN1CCCCC1)NCC(O)c1ccc(F)cc1. The van der Waals surface area contributed by atoms with Gasteiger partial charge in [-0.05, 0) is 50.6 Å². The van der Waals surface area contributed by atoms with Gasteiger partial charge < -0.3 is 15.3 Å². The van der Waals surface area contributed by atoms with E-state index < -0.39 is 6.10 Å². The number of piperidine rings is 1. The molecule has 2 N–H and O–H groups in total. The fourth-order valence-corrected chi connectivity index (χ4v) is 2.71. The van der Waals surface area contributed by atoms with Crippen LogP contribution < -0.4 is 5.32 Å². The number of nitrogens with zero attached hydrogens (tertiary/aromatic N) is 1. The molecule has 0 saturated carbocycles. The summed E-state index contributed by atoms with van der Waals surface area (Å²) in [6.07, 6.45) is 3.36. The van der Waals surface area contributed by atoms with E-state index >= 15 is 0 Å². The minimum Gasteiger partial charge on any atom is -0.387 e. The Kier molecular flexibility index (Phi) is 5.95. The van der Waals surface area contributed by atoms with Gasteiger partial charge in [0.05, 0.1) is 6.10 Å². The first-order valence-electron chi connectivity index (χ1n) is 7.54. The molecule has 1 aliphatic heterocycles. The molecule has 1 fully saturated rings. The third kappa shape index (κ3) is 4.85. The van der Waals surface area contributed by atoms with Gasteiger partial charge >= 0.3 is 0 Å². The first-order valence-corrected chi connectivity index (χ1v) is 7.54. The number of benzene rings is 1. The zero-order valence-corrected chi connectivity index (χ0v) is 12.2. The molecule has 0 radical (unpaired) electrons. The summed E-state index contributed by atoms with van der Waals surface area (Å²) in [6.45, 7) is 6.04. The molecule has 0 aliphatic carbocycles. The van der Waals surface area contributed by atoms with Gasteiger partial charge in [0, 0.05) is 19.1 Å². The molecule has 1 heterocycles. The van der Waals surface area contributed by atoms with Crippen LogP contribution in [0.2, 0.25) is 0 Å². The summed E-state index contributed by atoms with van der Waals surface area (Å²) >= 11 is 0. The second kappa shape index (κ2) is 7.72. The first kappa shape index (κ1) is 15.4. The van der Waals surface area contributed by atoms with Crippen molar-refractivity contribution in [3.05, 3.63) is 35.6 Å². The lowest BCUT2D eigenvalue weighted by Crippen LogP contribution is -2.42. The Labute approximate surface area is 120 Å². The van der Waals surface area contributed by atoms with Gasteiger partial charge in [-0.25, -0.2) is 4.39 Å². The predicted molar refractivity (Wildman–Crippen MR) is 79.1 cm³/mol. The minimum absolute atomic E-state index is 0.271. The highest BCUT2D eigenvalue weighted by atomic mass is 19.1. The minimum atomic E-state index is -0.584. The molecule has 4 heteroatoms. The number of hydrogen-bond acceptors (Lipinski definition) is 3. The Bertz CT molecular complexity index is 390. The van der Waals surface area contributed by atoms with Crippen molar-refractivity contribution >= 4 is 0 Å². The standard InChI is InChI=1S/C16H25FN2O/c1-13(12-19-9-3-2-4-10-19)18-11-16(20)14-5-7-15(17)8-6-14/h5-8,13,16,18,20H,2-4,9-12H2,1H3. The molecule has 1 saturated heterocycles. The summed E-state index contributed by atoms with van der Waals surface area (Å²) in [6, 6.07) is 6.39. The largest absolute Gasteiger partial charge is 0.387 e. The second-order valence-electron chi connectivity index (χ2n) is 5.74. The van der Waals surface area contributed by atoms with Crippen LogP contribution in [-0.4, -0.2) is 42.2 Å². The molecule has 1 aromatic carbocycles. The van der Waals surface area contributed by atoms with Gasteiger partial charge in [-0.1, -0.05) is 18.6 Å². The maximum Gasteiger partial charge on any atom is 0.123 e. The summed E-state index contributed by atoms with van der Waals surface area (Å²) in [4.78, 5) is 2.48. The normalized spacial score (nSPS) is 19.8. The molecular formula is C16H25FN2O. The van der Waals surface area contributed by atoms with Gasteiger partial charge in [-0.15, -0.1) is 0 Å². The lowest BCUT2D eigenvalue weighted by atomic mass is 10.1. The molecule has 2 atom stereocenters. The smallest absolute Gasteiger partial charge is 0.123 e. The quantitative estimate of drug-likeness (QED) is 0.839. The van der Waals surface area contributed by atoms with Crippen LogP contribution in [0.1, 0.15) is 37.9 Å². The van der Waals surface area contributed by atoms with Crippen LogP contribution in [0.5, 0.6) is 0 Å². The third-order valence-corrected chi connectivity index (χ3v) is 3.90. The zero-order valence-electron chi connectivity index (χ0n) is 12.2. The Hall–Kier alpha value is -0.970. The van der Waals surface area contributed by atoms with E-state index in [1.165, 1.54) is 44.5 Å². The molecule has 1 aliphatic rings. The maximum absolute atomic E-state index is 12.8. The van der Waals surface area contributed by atoms with E-state index in [1.807, 2.05) is 0 Å². The molecule has 0 aromatic heterocycles.